The van der Waals surface area contributed by atoms with Gasteiger partial charge in [0.2, 0.25) is 0 Å². The number of nitrogens with one attached hydrogen (secondary N) is 1. The predicted molar refractivity (Wildman–Crippen MR) is 72.7 cm³/mol. The van der Waals surface area contributed by atoms with Crippen LogP contribution in [0.25, 0.3) is 0 Å². The summed E-state index contributed by atoms with van der Waals surface area (Å²) in [5.74, 6) is 0.740. The standard InChI is InChI=1S/C13H20ClN3/c1-10-6-12(8-16-13(10)14)15-7-11-4-3-5-17(2)9-11/h6,8,11,15H,3-5,7,9H2,1-2H3. The monoisotopic (exact) mass is 253 g/mol. The van der Waals surface area contributed by atoms with Crippen LogP contribution < -0.4 is 5.32 Å². The third kappa shape index (κ3) is 3.58. The highest BCUT2D eigenvalue weighted by Gasteiger charge is 2.16. The van der Waals surface area contributed by atoms with Gasteiger partial charge in [-0.05, 0) is 50.9 Å². The van der Waals surface area contributed by atoms with Crippen molar-refractivity contribution in [3.63, 3.8) is 0 Å². The van der Waals surface area contributed by atoms with E-state index in [0.717, 1.165) is 23.7 Å². The van der Waals surface area contributed by atoms with E-state index in [2.05, 4.69) is 28.3 Å². The molecular formula is C13H20ClN3. The fraction of sp³-hybridized carbons (Fsp3) is 0.615. The van der Waals surface area contributed by atoms with Crippen LogP contribution in [0.15, 0.2) is 12.3 Å². The van der Waals surface area contributed by atoms with E-state index in [1.165, 1.54) is 25.9 Å². The number of likely N-dealkylation sites (tertiary alicyclic amines) is 1. The lowest BCUT2D eigenvalue weighted by Crippen LogP contribution is -2.35. The topological polar surface area (TPSA) is 28.2 Å². The summed E-state index contributed by atoms with van der Waals surface area (Å²) >= 11 is 5.90. The minimum absolute atomic E-state index is 0.591. The molecule has 1 N–H and O–H groups in total. The molecule has 0 bridgehead atoms. The normalized spacial score (nSPS) is 21.5. The van der Waals surface area contributed by atoms with Crippen LogP contribution in [0.4, 0.5) is 5.69 Å². The van der Waals surface area contributed by atoms with Gasteiger partial charge in [0.05, 0.1) is 11.9 Å². The Hall–Kier alpha value is -0.800. The van der Waals surface area contributed by atoms with Crippen molar-refractivity contribution >= 4 is 17.3 Å². The van der Waals surface area contributed by atoms with E-state index in [-0.39, 0.29) is 0 Å². The number of nitrogens with zero attached hydrogens (tertiary/aromatic N) is 2. The molecular weight excluding hydrogens is 234 g/mol. The predicted octanol–water partition coefficient (Wildman–Crippen LogP) is 2.80. The van der Waals surface area contributed by atoms with Crippen LogP contribution in [-0.2, 0) is 0 Å². The van der Waals surface area contributed by atoms with Crippen molar-refractivity contribution < 1.29 is 0 Å². The summed E-state index contributed by atoms with van der Waals surface area (Å²) in [5.41, 5.74) is 2.09. The Kier molecular flexibility index (Phi) is 4.24. The zero-order valence-electron chi connectivity index (χ0n) is 10.5. The Bertz CT molecular complexity index is 381. The molecule has 1 unspecified atom stereocenters. The first-order valence-corrected chi connectivity index (χ1v) is 6.57. The molecule has 2 rings (SSSR count). The number of pyridine rings is 1. The first-order chi connectivity index (χ1) is 8.15. The SMILES string of the molecule is Cc1cc(NCC2CCCN(C)C2)cnc1Cl. The van der Waals surface area contributed by atoms with Gasteiger partial charge in [0.25, 0.3) is 0 Å². The van der Waals surface area contributed by atoms with Crippen molar-refractivity contribution in [1.82, 2.24) is 9.88 Å². The Morgan fingerprint density at radius 1 is 1.59 bits per heavy atom. The van der Waals surface area contributed by atoms with E-state index in [4.69, 9.17) is 11.6 Å². The number of hydrogen-bond donors (Lipinski definition) is 1. The maximum atomic E-state index is 5.90. The summed E-state index contributed by atoms with van der Waals surface area (Å²) in [6.07, 6.45) is 4.43. The van der Waals surface area contributed by atoms with Crippen molar-refractivity contribution in [1.29, 1.82) is 0 Å². The van der Waals surface area contributed by atoms with E-state index in [9.17, 15) is 0 Å². The molecule has 1 aromatic rings. The van der Waals surface area contributed by atoms with Crippen LogP contribution >= 0.6 is 11.6 Å². The number of aromatic nitrogens is 1. The molecule has 94 valence electrons. The molecule has 1 aliphatic rings. The summed E-state index contributed by atoms with van der Waals surface area (Å²) < 4.78 is 0. The lowest BCUT2D eigenvalue weighted by molar-refractivity contribution is 0.217. The summed E-state index contributed by atoms with van der Waals surface area (Å²) in [6, 6.07) is 2.06. The summed E-state index contributed by atoms with van der Waals surface area (Å²) in [7, 11) is 2.19. The zero-order chi connectivity index (χ0) is 12.3. The smallest absolute Gasteiger partial charge is 0.132 e. The second-order valence-electron chi connectivity index (χ2n) is 4.98. The van der Waals surface area contributed by atoms with Gasteiger partial charge in [-0.15, -0.1) is 0 Å². The van der Waals surface area contributed by atoms with Gasteiger partial charge in [-0.3, -0.25) is 0 Å². The molecule has 0 amide bonds. The molecule has 0 aromatic carbocycles. The molecule has 1 aromatic heterocycles. The van der Waals surface area contributed by atoms with Crippen LogP contribution in [0, 0.1) is 12.8 Å². The summed E-state index contributed by atoms with van der Waals surface area (Å²) in [4.78, 5) is 6.55. The Balaban J connectivity index is 1.86. The number of rotatable bonds is 3. The van der Waals surface area contributed by atoms with Crippen LogP contribution in [-0.4, -0.2) is 36.6 Å². The van der Waals surface area contributed by atoms with Gasteiger partial charge in [-0.2, -0.15) is 0 Å². The van der Waals surface area contributed by atoms with Crippen molar-refractivity contribution in [2.45, 2.75) is 19.8 Å². The van der Waals surface area contributed by atoms with Gasteiger partial charge in [-0.1, -0.05) is 11.6 Å². The van der Waals surface area contributed by atoms with Gasteiger partial charge in [0.1, 0.15) is 5.15 Å². The third-order valence-electron chi connectivity index (χ3n) is 3.33. The van der Waals surface area contributed by atoms with E-state index in [0.29, 0.717) is 5.15 Å². The number of anilines is 1. The number of piperidine rings is 1. The van der Waals surface area contributed by atoms with Gasteiger partial charge < -0.3 is 10.2 Å². The second kappa shape index (κ2) is 5.69. The van der Waals surface area contributed by atoms with Crippen molar-refractivity contribution in [3.8, 4) is 0 Å². The molecule has 0 aliphatic carbocycles. The van der Waals surface area contributed by atoms with E-state index in [1.807, 2.05) is 13.1 Å². The average Bonchev–Trinajstić information content (AvgIpc) is 2.31. The Morgan fingerprint density at radius 3 is 3.12 bits per heavy atom. The van der Waals surface area contributed by atoms with Crippen LogP contribution in [0.1, 0.15) is 18.4 Å². The molecule has 3 nitrogen and oxygen atoms in total. The molecule has 4 heteroatoms. The van der Waals surface area contributed by atoms with Gasteiger partial charge in [-0.25, -0.2) is 4.98 Å². The van der Waals surface area contributed by atoms with E-state index >= 15 is 0 Å². The summed E-state index contributed by atoms with van der Waals surface area (Å²) in [5, 5.41) is 4.05. The summed E-state index contributed by atoms with van der Waals surface area (Å²) in [6.45, 7) is 5.42. The lowest BCUT2D eigenvalue weighted by Gasteiger charge is -2.29. The third-order valence-corrected chi connectivity index (χ3v) is 3.73. The molecule has 0 saturated carbocycles. The number of hydrogen-bond acceptors (Lipinski definition) is 3. The molecule has 0 spiro atoms. The molecule has 1 saturated heterocycles. The highest BCUT2D eigenvalue weighted by atomic mass is 35.5. The van der Waals surface area contributed by atoms with Crippen LogP contribution in [0.5, 0.6) is 0 Å². The zero-order valence-corrected chi connectivity index (χ0v) is 11.3. The fourth-order valence-corrected chi connectivity index (χ4v) is 2.46. The quantitative estimate of drug-likeness (QED) is 0.840. The number of halogens is 1. The molecule has 1 aliphatic heterocycles. The highest BCUT2D eigenvalue weighted by molar-refractivity contribution is 6.30. The first kappa shape index (κ1) is 12.7. The maximum absolute atomic E-state index is 5.90. The van der Waals surface area contributed by atoms with Crippen LogP contribution in [0.3, 0.4) is 0 Å². The maximum Gasteiger partial charge on any atom is 0.132 e. The first-order valence-electron chi connectivity index (χ1n) is 6.19. The van der Waals surface area contributed by atoms with Crippen molar-refractivity contribution in [2.24, 2.45) is 5.92 Å². The molecule has 17 heavy (non-hydrogen) atoms. The minimum Gasteiger partial charge on any atom is -0.383 e. The van der Waals surface area contributed by atoms with E-state index in [1.54, 1.807) is 0 Å². The average molecular weight is 254 g/mol. The van der Waals surface area contributed by atoms with Gasteiger partial charge >= 0.3 is 0 Å². The number of aryl methyl sites for hydroxylation is 1. The highest BCUT2D eigenvalue weighted by Crippen LogP contribution is 2.19. The van der Waals surface area contributed by atoms with Gasteiger partial charge in [0.15, 0.2) is 0 Å². The van der Waals surface area contributed by atoms with Crippen molar-refractivity contribution in [3.05, 3.63) is 23.0 Å². The van der Waals surface area contributed by atoms with Crippen molar-refractivity contribution in [2.75, 3.05) is 32.0 Å². The van der Waals surface area contributed by atoms with Crippen LogP contribution in [0.2, 0.25) is 5.15 Å². The van der Waals surface area contributed by atoms with E-state index < -0.39 is 0 Å². The fourth-order valence-electron chi connectivity index (χ4n) is 2.36. The van der Waals surface area contributed by atoms with Gasteiger partial charge in [0, 0.05) is 13.1 Å². The second-order valence-corrected chi connectivity index (χ2v) is 5.34. The molecule has 0 radical (unpaired) electrons. The Labute approximate surface area is 108 Å². The molecule has 1 atom stereocenters. The lowest BCUT2D eigenvalue weighted by atomic mass is 9.98. The Morgan fingerprint density at radius 2 is 2.41 bits per heavy atom. The molecule has 2 heterocycles. The molecule has 1 fully saturated rings. The largest absolute Gasteiger partial charge is 0.383 e. The minimum atomic E-state index is 0.591.